The van der Waals surface area contributed by atoms with Crippen LogP contribution in [0.4, 0.5) is 8.78 Å². The third kappa shape index (κ3) is 2.99. The second-order valence-electron chi connectivity index (χ2n) is 3.72. The average molecular weight is 301 g/mol. The van der Waals surface area contributed by atoms with E-state index >= 15 is 0 Å². The number of carbonyl (C=O) groups is 1. The number of amides is 1. The summed E-state index contributed by atoms with van der Waals surface area (Å²) in [6.07, 6.45) is 1.32. The first-order valence-electron chi connectivity index (χ1n) is 5.34. The number of carbonyl (C=O) groups excluding carboxylic acids is 1. The summed E-state index contributed by atoms with van der Waals surface area (Å²) in [7, 11) is 0. The fourth-order valence-corrected chi connectivity index (χ4v) is 2.85. The van der Waals surface area contributed by atoms with Gasteiger partial charge in [-0.25, -0.2) is 8.78 Å². The molecule has 1 aliphatic heterocycles. The molecule has 1 saturated heterocycles. The van der Waals surface area contributed by atoms with E-state index in [1.165, 1.54) is 17.0 Å². The second-order valence-corrected chi connectivity index (χ2v) is 5.40. The van der Waals surface area contributed by atoms with Gasteiger partial charge in [-0.05, 0) is 18.2 Å². The van der Waals surface area contributed by atoms with E-state index in [4.69, 9.17) is 17.3 Å². The van der Waals surface area contributed by atoms with Crippen LogP contribution in [-0.2, 0) is 4.79 Å². The van der Waals surface area contributed by atoms with E-state index in [1.54, 1.807) is 0 Å². The van der Waals surface area contributed by atoms with Crippen molar-refractivity contribution in [2.24, 2.45) is 0 Å². The molecule has 19 heavy (non-hydrogen) atoms. The van der Waals surface area contributed by atoms with Gasteiger partial charge in [0.25, 0.3) is 5.91 Å². The maximum Gasteiger partial charge on any atom is 0.266 e. The zero-order chi connectivity index (χ0) is 14.0. The highest BCUT2D eigenvalue weighted by molar-refractivity contribution is 8.26. The lowest BCUT2D eigenvalue weighted by Crippen LogP contribution is -2.30. The van der Waals surface area contributed by atoms with Crippen LogP contribution in [0.3, 0.4) is 0 Å². The normalized spacial score (nSPS) is 17.6. The molecule has 0 atom stereocenters. The molecule has 0 saturated carbocycles. The molecular formula is C12H9F2NO2S2. The summed E-state index contributed by atoms with van der Waals surface area (Å²) >= 11 is 6.02. The monoisotopic (exact) mass is 301 g/mol. The van der Waals surface area contributed by atoms with Crippen LogP contribution in [0.2, 0.25) is 0 Å². The Bertz CT molecular complexity index is 575. The van der Waals surface area contributed by atoms with Crippen LogP contribution in [0.5, 0.6) is 0 Å². The van der Waals surface area contributed by atoms with Crippen LogP contribution in [0, 0.1) is 11.6 Å². The molecule has 1 heterocycles. The van der Waals surface area contributed by atoms with E-state index in [1.807, 2.05) is 0 Å². The smallest absolute Gasteiger partial charge is 0.266 e. The minimum Gasteiger partial charge on any atom is -0.395 e. The van der Waals surface area contributed by atoms with Gasteiger partial charge in [0.05, 0.1) is 18.1 Å². The van der Waals surface area contributed by atoms with Gasteiger partial charge >= 0.3 is 0 Å². The number of hydrogen-bond donors (Lipinski definition) is 1. The molecule has 100 valence electrons. The fraction of sp³-hybridized carbons (Fsp3) is 0.167. The Morgan fingerprint density at radius 3 is 2.79 bits per heavy atom. The van der Waals surface area contributed by atoms with E-state index in [0.717, 1.165) is 23.9 Å². The lowest BCUT2D eigenvalue weighted by molar-refractivity contribution is -0.122. The van der Waals surface area contributed by atoms with Crippen molar-refractivity contribution in [2.75, 3.05) is 13.2 Å². The van der Waals surface area contributed by atoms with E-state index in [-0.39, 0.29) is 29.5 Å². The van der Waals surface area contributed by atoms with Crippen LogP contribution in [0.15, 0.2) is 23.1 Å². The molecule has 1 fully saturated rings. The Labute approximate surface area is 117 Å². The number of halogens is 2. The molecule has 0 radical (unpaired) electrons. The topological polar surface area (TPSA) is 40.5 Å². The van der Waals surface area contributed by atoms with E-state index in [0.29, 0.717) is 4.32 Å². The number of benzene rings is 1. The predicted molar refractivity (Wildman–Crippen MR) is 73.3 cm³/mol. The highest BCUT2D eigenvalue weighted by Gasteiger charge is 2.31. The summed E-state index contributed by atoms with van der Waals surface area (Å²) < 4.78 is 26.6. The van der Waals surface area contributed by atoms with Gasteiger partial charge in [0, 0.05) is 11.6 Å². The highest BCUT2D eigenvalue weighted by atomic mass is 32.2. The summed E-state index contributed by atoms with van der Waals surface area (Å²) in [6.45, 7) is -0.0987. The largest absolute Gasteiger partial charge is 0.395 e. The first-order valence-corrected chi connectivity index (χ1v) is 6.56. The fourth-order valence-electron chi connectivity index (χ4n) is 1.55. The van der Waals surface area contributed by atoms with E-state index < -0.39 is 11.6 Å². The molecule has 1 aromatic rings. The molecule has 0 unspecified atom stereocenters. The maximum atomic E-state index is 13.5. The maximum absolute atomic E-state index is 13.5. The van der Waals surface area contributed by atoms with Gasteiger partial charge in [0.15, 0.2) is 0 Å². The molecule has 0 aromatic heterocycles. The van der Waals surface area contributed by atoms with E-state index in [2.05, 4.69) is 0 Å². The molecule has 1 amide bonds. The van der Waals surface area contributed by atoms with Crippen molar-refractivity contribution in [1.29, 1.82) is 0 Å². The van der Waals surface area contributed by atoms with Crippen molar-refractivity contribution < 1.29 is 18.7 Å². The van der Waals surface area contributed by atoms with Crippen molar-refractivity contribution in [3.8, 4) is 0 Å². The molecular weight excluding hydrogens is 292 g/mol. The van der Waals surface area contributed by atoms with Crippen LogP contribution in [-0.4, -0.2) is 33.4 Å². The Balaban J connectivity index is 2.30. The molecule has 3 nitrogen and oxygen atoms in total. The predicted octanol–water partition coefficient (Wildman–Crippen LogP) is 2.16. The minimum atomic E-state index is -0.743. The highest BCUT2D eigenvalue weighted by Crippen LogP contribution is 2.32. The Morgan fingerprint density at radius 1 is 1.42 bits per heavy atom. The SMILES string of the molecule is O=C1C(=Cc2ccc(F)cc2F)SC(=S)N1CCO. The van der Waals surface area contributed by atoms with Gasteiger partial charge in [-0.15, -0.1) is 0 Å². The molecule has 7 heteroatoms. The quantitative estimate of drug-likeness (QED) is 0.686. The first-order chi connectivity index (χ1) is 9.02. The molecule has 1 aromatic carbocycles. The standard InChI is InChI=1S/C12H9F2NO2S2/c13-8-2-1-7(9(14)6-8)5-10-11(17)15(3-4-16)12(18)19-10/h1-2,5-6,16H,3-4H2. The third-order valence-electron chi connectivity index (χ3n) is 2.45. The lowest BCUT2D eigenvalue weighted by atomic mass is 10.2. The number of thiocarbonyl (C=S) groups is 1. The molecule has 1 N–H and O–H groups in total. The van der Waals surface area contributed by atoms with Crippen molar-refractivity contribution in [1.82, 2.24) is 4.90 Å². The van der Waals surface area contributed by atoms with Gasteiger partial charge in [0.2, 0.25) is 0 Å². The van der Waals surface area contributed by atoms with Crippen LogP contribution in [0.25, 0.3) is 6.08 Å². The molecule has 0 bridgehead atoms. The van der Waals surface area contributed by atoms with Crippen molar-refractivity contribution >= 4 is 40.3 Å². The summed E-state index contributed by atoms with van der Waals surface area (Å²) in [6, 6.07) is 3.12. The van der Waals surface area contributed by atoms with E-state index in [9.17, 15) is 13.6 Å². The van der Waals surface area contributed by atoms with Gasteiger partial charge in [-0.2, -0.15) is 0 Å². The Kier molecular flexibility index (Phi) is 4.28. The lowest BCUT2D eigenvalue weighted by Gasteiger charge is -2.11. The van der Waals surface area contributed by atoms with Crippen molar-refractivity contribution in [3.63, 3.8) is 0 Å². The Hall–Kier alpha value is -1.31. The molecule has 1 aliphatic rings. The van der Waals surface area contributed by atoms with Crippen LogP contribution >= 0.6 is 24.0 Å². The van der Waals surface area contributed by atoms with Crippen molar-refractivity contribution in [3.05, 3.63) is 40.3 Å². The number of nitrogens with zero attached hydrogens (tertiary/aromatic N) is 1. The van der Waals surface area contributed by atoms with Crippen LogP contribution < -0.4 is 0 Å². The summed E-state index contributed by atoms with van der Waals surface area (Å²) in [4.78, 5) is 13.4. The number of thioether (sulfide) groups is 1. The summed E-state index contributed by atoms with van der Waals surface area (Å²) in [5.74, 6) is -1.80. The number of rotatable bonds is 3. The van der Waals surface area contributed by atoms with Gasteiger partial charge in [-0.1, -0.05) is 24.0 Å². The number of hydrogen-bond acceptors (Lipinski definition) is 4. The number of aliphatic hydroxyl groups excluding tert-OH is 1. The van der Waals surface area contributed by atoms with Gasteiger partial charge < -0.3 is 5.11 Å². The minimum absolute atomic E-state index is 0.105. The molecule has 0 aliphatic carbocycles. The molecule has 0 spiro atoms. The third-order valence-corrected chi connectivity index (χ3v) is 3.82. The van der Waals surface area contributed by atoms with Crippen molar-refractivity contribution in [2.45, 2.75) is 0 Å². The van der Waals surface area contributed by atoms with Crippen LogP contribution in [0.1, 0.15) is 5.56 Å². The summed E-state index contributed by atoms with van der Waals surface area (Å²) in [5.41, 5.74) is 0.117. The summed E-state index contributed by atoms with van der Waals surface area (Å²) in [5, 5.41) is 8.83. The number of aliphatic hydroxyl groups is 1. The second kappa shape index (κ2) is 5.77. The first kappa shape index (κ1) is 14.1. The zero-order valence-electron chi connectivity index (χ0n) is 9.60. The Morgan fingerprint density at radius 2 is 2.16 bits per heavy atom. The number of β-amino-alcohol motifs (C(OH)–C–C–N with tert-alkyl or cyclic N) is 1. The average Bonchev–Trinajstić information content (AvgIpc) is 2.61. The van der Waals surface area contributed by atoms with Gasteiger partial charge in [0.1, 0.15) is 16.0 Å². The zero-order valence-corrected chi connectivity index (χ0v) is 11.2. The molecule has 2 rings (SSSR count). The van der Waals surface area contributed by atoms with Gasteiger partial charge in [-0.3, -0.25) is 9.69 Å².